The van der Waals surface area contributed by atoms with E-state index in [9.17, 15) is 0 Å². The first-order chi connectivity index (χ1) is 11.8. The summed E-state index contributed by atoms with van der Waals surface area (Å²) in [6.07, 6.45) is 3.53. The fraction of sp³-hybridized carbons (Fsp3) is 0.100. The van der Waals surface area contributed by atoms with Crippen molar-refractivity contribution in [2.24, 2.45) is 0 Å². The molecule has 2 aromatic carbocycles. The third-order valence-corrected chi connectivity index (χ3v) is 4.45. The van der Waals surface area contributed by atoms with Crippen LogP contribution in [0.1, 0.15) is 11.4 Å². The monoisotopic (exact) mass is 333 g/mol. The number of hydrogen-bond acceptors (Lipinski definition) is 2. The van der Waals surface area contributed by atoms with Gasteiger partial charge in [0.2, 0.25) is 0 Å². The van der Waals surface area contributed by atoms with E-state index in [0.717, 1.165) is 51.5 Å². The Hall–Kier alpha value is -2.65. The molecular weight excluding hydrogens is 318 g/mol. The highest BCUT2D eigenvalue weighted by molar-refractivity contribution is 6.31. The number of hydrogen-bond donors (Lipinski definition) is 1. The van der Waals surface area contributed by atoms with Crippen molar-refractivity contribution in [3.05, 3.63) is 83.3 Å². The number of benzene rings is 2. The van der Waals surface area contributed by atoms with Crippen LogP contribution in [0.2, 0.25) is 5.02 Å². The van der Waals surface area contributed by atoms with E-state index in [2.05, 4.69) is 39.2 Å². The highest BCUT2D eigenvalue weighted by atomic mass is 35.5. The molecule has 0 saturated carbocycles. The van der Waals surface area contributed by atoms with Gasteiger partial charge < -0.3 is 4.98 Å². The van der Waals surface area contributed by atoms with Crippen molar-refractivity contribution in [1.29, 1.82) is 0 Å². The predicted octanol–water partition coefficient (Wildman–Crippen LogP) is 5.06. The number of halogens is 1. The van der Waals surface area contributed by atoms with Gasteiger partial charge in [0.1, 0.15) is 5.82 Å². The summed E-state index contributed by atoms with van der Waals surface area (Å²) >= 11 is 6.21. The van der Waals surface area contributed by atoms with Crippen molar-refractivity contribution in [2.45, 2.75) is 12.8 Å². The first kappa shape index (κ1) is 14.9. The zero-order chi connectivity index (χ0) is 16.4. The van der Waals surface area contributed by atoms with E-state index in [1.807, 2.05) is 42.6 Å². The maximum atomic E-state index is 6.21. The third kappa shape index (κ3) is 3.03. The van der Waals surface area contributed by atoms with Crippen molar-refractivity contribution < 1.29 is 0 Å². The Balaban J connectivity index is 1.58. The number of fused-ring (bicyclic) bond motifs is 1. The zero-order valence-electron chi connectivity index (χ0n) is 13.0. The van der Waals surface area contributed by atoms with Gasteiger partial charge >= 0.3 is 0 Å². The molecule has 2 heterocycles. The zero-order valence-corrected chi connectivity index (χ0v) is 13.8. The molecule has 0 unspecified atom stereocenters. The minimum atomic E-state index is 0.754. The lowest BCUT2D eigenvalue weighted by atomic mass is 10.1. The molecule has 4 rings (SSSR count). The number of imidazole rings is 1. The van der Waals surface area contributed by atoms with E-state index in [0.29, 0.717) is 0 Å². The van der Waals surface area contributed by atoms with Crippen LogP contribution in [-0.4, -0.2) is 15.0 Å². The molecule has 4 heteroatoms. The highest BCUT2D eigenvalue weighted by Gasteiger charge is 2.07. The van der Waals surface area contributed by atoms with Gasteiger partial charge in [-0.2, -0.15) is 0 Å². The summed E-state index contributed by atoms with van der Waals surface area (Å²) in [6, 6.07) is 20.3. The molecule has 0 saturated heterocycles. The molecule has 0 radical (unpaired) electrons. The fourth-order valence-corrected chi connectivity index (χ4v) is 3.04. The molecule has 0 amide bonds. The molecule has 1 N–H and O–H groups in total. The summed E-state index contributed by atoms with van der Waals surface area (Å²) in [6.45, 7) is 0. The van der Waals surface area contributed by atoms with Crippen LogP contribution in [0.5, 0.6) is 0 Å². The Kier molecular flexibility index (Phi) is 4.01. The van der Waals surface area contributed by atoms with E-state index in [-0.39, 0.29) is 0 Å². The second-order valence-electron chi connectivity index (χ2n) is 5.74. The fourth-order valence-electron chi connectivity index (χ4n) is 2.81. The maximum absolute atomic E-state index is 6.21. The summed E-state index contributed by atoms with van der Waals surface area (Å²) < 4.78 is 0. The third-order valence-electron chi connectivity index (χ3n) is 4.08. The number of aromatic amines is 1. The molecule has 0 bridgehead atoms. The Morgan fingerprint density at radius 3 is 2.50 bits per heavy atom. The second-order valence-corrected chi connectivity index (χ2v) is 6.14. The molecule has 0 atom stereocenters. The number of aryl methyl sites for hydroxylation is 2. The number of nitrogens with zero attached hydrogens (tertiary/aromatic N) is 2. The van der Waals surface area contributed by atoms with Gasteiger partial charge in [0.15, 0.2) is 5.65 Å². The number of pyridine rings is 1. The molecule has 0 spiro atoms. The quantitative estimate of drug-likeness (QED) is 0.567. The molecule has 0 aliphatic carbocycles. The van der Waals surface area contributed by atoms with Crippen LogP contribution in [0.15, 0.2) is 66.9 Å². The van der Waals surface area contributed by atoms with E-state index in [1.54, 1.807) is 0 Å². The topological polar surface area (TPSA) is 41.6 Å². The van der Waals surface area contributed by atoms with Gasteiger partial charge in [-0.3, -0.25) is 0 Å². The van der Waals surface area contributed by atoms with Crippen molar-refractivity contribution in [2.75, 3.05) is 0 Å². The van der Waals surface area contributed by atoms with Gasteiger partial charge in [-0.1, -0.05) is 60.1 Å². The molecule has 3 nitrogen and oxygen atoms in total. The molecule has 118 valence electrons. The van der Waals surface area contributed by atoms with Crippen molar-refractivity contribution in [1.82, 2.24) is 15.0 Å². The maximum Gasteiger partial charge on any atom is 0.177 e. The smallest absolute Gasteiger partial charge is 0.177 e. The Labute approximate surface area is 145 Å². The molecule has 24 heavy (non-hydrogen) atoms. The Bertz CT molecular complexity index is 977. The van der Waals surface area contributed by atoms with Crippen LogP contribution in [0, 0.1) is 0 Å². The van der Waals surface area contributed by atoms with Gasteiger partial charge in [0.25, 0.3) is 0 Å². The summed E-state index contributed by atoms with van der Waals surface area (Å²) in [5.41, 5.74) is 5.09. The largest absolute Gasteiger partial charge is 0.341 e. The van der Waals surface area contributed by atoms with Gasteiger partial charge in [0, 0.05) is 23.2 Å². The minimum absolute atomic E-state index is 0.754. The van der Waals surface area contributed by atoms with Crippen LogP contribution < -0.4 is 0 Å². The number of nitrogens with one attached hydrogen (secondary N) is 1. The van der Waals surface area contributed by atoms with E-state index < -0.39 is 0 Å². The standard InChI is InChI=1S/C20H16ClN3/c21-17-9-5-4-8-15(17)10-11-19-23-18-12-16(13-22-20(18)24-19)14-6-2-1-3-7-14/h1-9,12-13H,10-11H2,(H,22,23,24). The summed E-state index contributed by atoms with van der Waals surface area (Å²) in [5.74, 6) is 0.933. The average molecular weight is 334 g/mol. The van der Waals surface area contributed by atoms with Crippen molar-refractivity contribution in [3.8, 4) is 11.1 Å². The Morgan fingerprint density at radius 2 is 1.67 bits per heavy atom. The lowest BCUT2D eigenvalue weighted by Crippen LogP contribution is -1.94. The van der Waals surface area contributed by atoms with Crippen LogP contribution in [0.3, 0.4) is 0 Å². The first-order valence-electron chi connectivity index (χ1n) is 7.93. The lowest BCUT2D eigenvalue weighted by Gasteiger charge is -2.01. The number of aromatic nitrogens is 3. The number of H-pyrrole nitrogens is 1. The van der Waals surface area contributed by atoms with Crippen molar-refractivity contribution >= 4 is 22.8 Å². The van der Waals surface area contributed by atoms with Gasteiger partial charge in [-0.05, 0) is 29.7 Å². The van der Waals surface area contributed by atoms with Crippen LogP contribution in [0.4, 0.5) is 0 Å². The van der Waals surface area contributed by atoms with Crippen LogP contribution in [-0.2, 0) is 12.8 Å². The normalized spacial score (nSPS) is 11.0. The SMILES string of the molecule is Clc1ccccc1CCc1nc2ncc(-c3ccccc3)cc2[nH]1. The summed E-state index contributed by atoms with van der Waals surface area (Å²) in [5, 5.41) is 0.804. The Morgan fingerprint density at radius 1 is 0.875 bits per heavy atom. The van der Waals surface area contributed by atoms with Gasteiger partial charge in [-0.15, -0.1) is 0 Å². The van der Waals surface area contributed by atoms with Crippen molar-refractivity contribution in [3.63, 3.8) is 0 Å². The molecular formula is C20H16ClN3. The molecule has 0 aliphatic heterocycles. The van der Waals surface area contributed by atoms with E-state index in [4.69, 9.17) is 11.6 Å². The lowest BCUT2D eigenvalue weighted by molar-refractivity contribution is 0.889. The summed E-state index contributed by atoms with van der Waals surface area (Å²) in [4.78, 5) is 12.4. The van der Waals surface area contributed by atoms with Crippen LogP contribution in [0.25, 0.3) is 22.3 Å². The predicted molar refractivity (Wildman–Crippen MR) is 98.2 cm³/mol. The number of rotatable bonds is 4. The van der Waals surface area contributed by atoms with E-state index in [1.165, 1.54) is 0 Å². The molecule has 2 aromatic heterocycles. The van der Waals surface area contributed by atoms with Gasteiger partial charge in [-0.25, -0.2) is 9.97 Å². The minimum Gasteiger partial charge on any atom is -0.341 e. The summed E-state index contributed by atoms with van der Waals surface area (Å²) in [7, 11) is 0. The molecule has 0 aliphatic rings. The molecule has 0 fully saturated rings. The first-order valence-corrected chi connectivity index (χ1v) is 8.31. The van der Waals surface area contributed by atoms with Gasteiger partial charge in [0.05, 0.1) is 5.52 Å². The molecule has 4 aromatic rings. The average Bonchev–Trinajstić information content (AvgIpc) is 3.04. The van der Waals surface area contributed by atoms with Crippen LogP contribution >= 0.6 is 11.6 Å². The van der Waals surface area contributed by atoms with E-state index >= 15 is 0 Å². The second kappa shape index (κ2) is 6.46. The highest BCUT2D eigenvalue weighted by Crippen LogP contribution is 2.22.